The Morgan fingerprint density at radius 3 is 2.58 bits per heavy atom. The zero-order chi connectivity index (χ0) is 17.1. The lowest BCUT2D eigenvalue weighted by molar-refractivity contribution is -0.116. The number of carbonyl (C=O) groups is 1. The van der Waals surface area contributed by atoms with Gasteiger partial charge < -0.3 is 5.32 Å². The lowest BCUT2D eigenvalue weighted by Crippen LogP contribution is -2.29. The number of rotatable bonds is 4. The van der Waals surface area contributed by atoms with E-state index in [-0.39, 0.29) is 18.0 Å². The summed E-state index contributed by atoms with van der Waals surface area (Å²) >= 11 is 1.20. The molecule has 0 saturated heterocycles. The number of anilines is 1. The third-order valence-electron chi connectivity index (χ3n) is 3.40. The molecule has 1 aromatic carbocycles. The highest BCUT2D eigenvalue weighted by Gasteiger charge is 2.09. The highest BCUT2D eigenvalue weighted by atomic mass is 32.1. The number of benzene rings is 1. The fraction of sp³-hybridized carbons (Fsp3) is 0.176. The van der Waals surface area contributed by atoms with Crippen LogP contribution >= 0.6 is 11.5 Å². The fourth-order valence-electron chi connectivity index (χ4n) is 2.18. The molecule has 0 radical (unpaired) electrons. The number of nitrogens with one attached hydrogen (secondary N) is 1. The lowest BCUT2D eigenvalue weighted by Gasteiger charge is -2.07. The van der Waals surface area contributed by atoms with Crippen molar-refractivity contribution in [2.45, 2.75) is 20.4 Å². The Morgan fingerprint density at radius 2 is 1.92 bits per heavy atom. The molecule has 122 valence electrons. The Balaban J connectivity index is 1.80. The van der Waals surface area contributed by atoms with Crippen LogP contribution in [-0.4, -0.2) is 20.1 Å². The van der Waals surface area contributed by atoms with E-state index < -0.39 is 0 Å². The van der Waals surface area contributed by atoms with E-state index in [0.717, 1.165) is 16.8 Å². The molecule has 7 heteroatoms. The van der Waals surface area contributed by atoms with Gasteiger partial charge in [-0.05, 0) is 37.5 Å². The van der Waals surface area contributed by atoms with Gasteiger partial charge in [-0.25, -0.2) is 4.68 Å². The van der Waals surface area contributed by atoms with Crippen molar-refractivity contribution in [3.8, 4) is 11.3 Å². The van der Waals surface area contributed by atoms with Crippen LogP contribution in [0.15, 0.2) is 47.3 Å². The fourth-order valence-corrected chi connectivity index (χ4v) is 2.85. The molecule has 0 unspecified atom stereocenters. The molecule has 0 atom stereocenters. The highest BCUT2D eigenvalue weighted by molar-refractivity contribution is 7.10. The van der Waals surface area contributed by atoms with E-state index >= 15 is 0 Å². The zero-order valence-electron chi connectivity index (χ0n) is 13.3. The van der Waals surface area contributed by atoms with Crippen molar-refractivity contribution in [2.75, 3.05) is 5.32 Å². The minimum absolute atomic E-state index is 0.143. The Hall–Kier alpha value is -2.80. The standard InChI is InChI=1S/C17H16N4O2S/c1-11-3-5-13(6-4-11)14-7-8-17(23)21(19-14)10-15(22)18-16-9-12(2)20-24-16/h3-9H,10H2,1-2H3,(H,18,22). The normalized spacial score (nSPS) is 10.6. The second-order valence-electron chi connectivity index (χ2n) is 5.46. The second-order valence-corrected chi connectivity index (χ2v) is 6.27. The molecule has 0 bridgehead atoms. The third-order valence-corrected chi connectivity index (χ3v) is 4.19. The average molecular weight is 340 g/mol. The van der Waals surface area contributed by atoms with E-state index in [9.17, 15) is 9.59 Å². The molecule has 1 amide bonds. The van der Waals surface area contributed by atoms with Crippen LogP contribution in [0.4, 0.5) is 5.00 Å². The summed E-state index contributed by atoms with van der Waals surface area (Å²) in [6.45, 7) is 3.71. The van der Waals surface area contributed by atoms with Crippen molar-refractivity contribution < 1.29 is 4.79 Å². The van der Waals surface area contributed by atoms with E-state index in [4.69, 9.17) is 0 Å². The Labute approximate surface area is 142 Å². The molecule has 0 aliphatic heterocycles. The maximum absolute atomic E-state index is 12.1. The summed E-state index contributed by atoms with van der Waals surface area (Å²) in [7, 11) is 0. The molecule has 0 aliphatic rings. The molecule has 0 fully saturated rings. The van der Waals surface area contributed by atoms with Crippen LogP contribution in [0.25, 0.3) is 11.3 Å². The van der Waals surface area contributed by atoms with Gasteiger partial charge in [0.05, 0.1) is 11.4 Å². The summed E-state index contributed by atoms with van der Waals surface area (Å²) in [5.74, 6) is -0.311. The van der Waals surface area contributed by atoms with Crippen molar-refractivity contribution >= 4 is 22.4 Å². The molecular weight excluding hydrogens is 324 g/mol. The van der Waals surface area contributed by atoms with Crippen LogP contribution in [0, 0.1) is 13.8 Å². The van der Waals surface area contributed by atoms with Gasteiger partial charge in [0.1, 0.15) is 11.5 Å². The molecule has 0 aliphatic carbocycles. The van der Waals surface area contributed by atoms with Crippen LogP contribution in [0.5, 0.6) is 0 Å². The third kappa shape index (κ3) is 3.75. The highest BCUT2D eigenvalue weighted by Crippen LogP contribution is 2.16. The Morgan fingerprint density at radius 1 is 1.17 bits per heavy atom. The number of amides is 1. The van der Waals surface area contributed by atoms with Crippen molar-refractivity contribution in [3.63, 3.8) is 0 Å². The van der Waals surface area contributed by atoms with Crippen molar-refractivity contribution in [2.24, 2.45) is 0 Å². The molecule has 2 heterocycles. The van der Waals surface area contributed by atoms with Gasteiger partial charge in [0.25, 0.3) is 5.56 Å². The summed E-state index contributed by atoms with van der Waals surface area (Å²) in [6, 6.07) is 12.7. The Bertz CT molecular complexity index is 928. The van der Waals surface area contributed by atoms with E-state index in [0.29, 0.717) is 10.7 Å². The maximum Gasteiger partial charge on any atom is 0.267 e. The molecule has 2 aromatic heterocycles. The predicted octanol–water partition coefficient (Wildman–Crippen LogP) is 2.62. The smallest absolute Gasteiger partial charge is 0.267 e. The minimum atomic E-state index is -0.318. The number of nitrogens with zero attached hydrogens (tertiary/aromatic N) is 3. The van der Waals surface area contributed by atoms with E-state index in [1.807, 2.05) is 38.1 Å². The number of aromatic nitrogens is 3. The molecule has 0 spiro atoms. The van der Waals surface area contributed by atoms with E-state index in [2.05, 4.69) is 14.8 Å². The quantitative estimate of drug-likeness (QED) is 0.792. The van der Waals surface area contributed by atoms with Gasteiger partial charge in [-0.1, -0.05) is 29.8 Å². The van der Waals surface area contributed by atoms with E-state index in [1.165, 1.54) is 22.3 Å². The molecule has 0 saturated carbocycles. The van der Waals surface area contributed by atoms with Crippen LogP contribution in [0.2, 0.25) is 0 Å². The number of hydrogen-bond acceptors (Lipinski definition) is 5. The largest absolute Gasteiger partial charge is 0.315 e. The van der Waals surface area contributed by atoms with Crippen molar-refractivity contribution in [3.05, 3.63) is 64.1 Å². The summed E-state index contributed by atoms with van der Waals surface area (Å²) in [4.78, 5) is 24.1. The summed E-state index contributed by atoms with van der Waals surface area (Å²) in [5, 5.41) is 7.67. The summed E-state index contributed by atoms with van der Waals surface area (Å²) < 4.78 is 5.26. The van der Waals surface area contributed by atoms with Gasteiger partial charge in [0, 0.05) is 11.6 Å². The molecular formula is C17H16N4O2S. The first-order valence-electron chi connectivity index (χ1n) is 7.39. The van der Waals surface area contributed by atoms with Crippen LogP contribution in [0.1, 0.15) is 11.3 Å². The zero-order valence-corrected chi connectivity index (χ0v) is 14.1. The first kappa shape index (κ1) is 16.1. The number of carbonyl (C=O) groups excluding carboxylic acids is 1. The summed E-state index contributed by atoms with van der Waals surface area (Å²) in [6.07, 6.45) is 0. The molecule has 3 rings (SSSR count). The van der Waals surface area contributed by atoms with Gasteiger partial charge in [0.2, 0.25) is 5.91 Å². The summed E-state index contributed by atoms with van der Waals surface area (Å²) in [5.41, 5.74) is 3.21. The van der Waals surface area contributed by atoms with Gasteiger partial charge in [-0.15, -0.1) is 0 Å². The molecule has 24 heavy (non-hydrogen) atoms. The van der Waals surface area contributed by atoms with Gasteiger partial charge in [-0.3, -0.25) is 9.59 Å². The van der Waals surface area contributed by atoms with Crippen LogP contribution in [-0.2, 0) is 11.3 Å². The molecule has 3 aromatic rings. The predicted molar refractivity (Wildman–Crippen MR) is 94.2 cm³/mol. The molecule has 1 N–H and O–H groups in total. The van der Waals surface area contributed by atoms with Gasteiger partial charge in [0.15, 0.2) is 0 Å². The SMILES string of the molecule is Cc1ccc(-c2ccc(=O)n(CC(=O)Nc3cc(C)ns3)n2)cc1. The number of hydrogen-bond donors (Lipinski definition) is 1. The van der Waals surface area contributed by atoms with Crippen LogP contribution in [0.3, 0.4) is 0 Å². The lowest BCUT2D eigenvalue weighted by atomic mass is 10.1. The Kier molecular flexibility index (Phi) is 4.52. The average Bonchev–Trinajstić information content (AvgIpc) is 2.95. The monoisotopic (exact) mass is 340 g/mol. The van der Waals surface area contributed by atoms with Crippen molar-refractivity contribution in [1.29, 1.82) is 0 Å². The first-order chi connectivity index (χ1) is 11.5. The minimum Gasteiger partial charge on any atom is -0.315 e. The number of aryl methyl sites for hydroxylation is 2. The topological polar surface area (TPSA) is 76.9 Å². The van der Waals surface area contributed by atoms with Crippen LogP contribution < -0.4 is 10.9 Å². The maximum atomic E-state index is 12.1. The van der Waals surface area contributed by atoms with Gasteiger partial charge in [-0.2, -0.15) is 9.47 Å². The molecule has 6 nitrogen and oxygen atoms in total. The first-order valence-corrected chi connectivity index (χ1v) is 8.17. The van der Waals surface area contributed by atoms with Gasteiger partial charge >= 0.3 is 0 Å². The second kappa shape index (κ2) is 6.76. The van der Waals surface area contributed by atoms with E-state index in [1.54, 1.807) is 12.1 Å². The van der Waals surface area contributed by atoms with Crippen molar-refractivity contribution in [1.82, 2.24) is 14.2 Å².